The van der Waals surface area contributed by atoms with Gasteiger partial charge in [0.25, 0.3) is 5.91 Å². The van der Waals surface area contributed by atoms with Crippen molar-refractivity contribution in [3.63, 3.8) is 0 Å². The Morgan fingerprint density at radius 3 is 3.10 bits per heavy atom. The van der Waals surface area contributed by atoms with Crippen molar-refractivity contribution < 1.29 is 13.9 Å². The molecule has 158 valence electrons. The van der Waals surface area contributed by atoms with Crippen LogP contribution in [-0.4, -0.2) is 39.2 Å². The van der Waals surface area contributed by atoms with Crippen LogP contribution in [0.2, 0.25) is 0 Å². The first-order valence-electron chi connectivity index (χ1n) is 11.0. The summed E-state index contributed by atoms with van der Waals surface area (Å²) in [7, 11) is 0. The van der Waals surface area contributed by atoms with E-state index in [9.17, 15) is 9.18 Å². The third kappa shape index (κ3) is 2.60. The smallest absolute Gasteiger partial charge is 0.257 e. The largest absolute Gasteiger partial charge is 0.488 e. The van der Waals surface area contributed by atoms with E-state index < -0.39 is 0 Å². The molecule has 0 radical (unpaired) electrons. The number of fused-ring (bicyclic) bond motifs is 8. The first-order valence-corrected chi connectivity index (χ1v) is 11.0. The Labute approximate surface area is 178 Å². The summed E-state index contributed by atoms with van der Waals surface area (Å²) in [6.45, 7) is 0.871. The van der Waals surface area contributed by atoms with E-state index in [0.717, 1.165) is 49.4 Å². The maximum atomic E-state index is 14.4. The highest BCUT2D eigenvalue weighted by atomic mass is 19.1. The van der Waals surface area contributed by atoms with Crippen LogP contribution in [0.4, 0.5) is 10.2 Å². The average molecular weight is 419 g/mol. The summed E-state index contributed by atoms with van der Waals surface area (Å²) < 4.78 is 22.5. The monoisotopic (exact) mass is 419 g/mol. The lowest BCUT2D eigenvalue weighted by Crippen LogP contribution is -2.42. The standard InChI is InChI=1S/C23H22FN5O2/c24-13-4-5-18-15(9-13)21-14-8-12(14)11-28(21)20-6-7-29-22(27-20)16(10-25-29)23(30)26-17-2-1-3-19(17)31-18/h4-7,9-10,12,14,17,19,21H,1-3,8,11H2,(H,26,30)/t12-,14-,17-,19-,21-/m1/s1. The van der Waals surface area contributed by atoms with E-state index in [1.807, 2.05) is 12.3 Å². The molecule has 2 saturated carbocycles. The Balaban J connectivity index is 1.44. The minimum atomic E-state index is -0.256. The van der Waals surface area contributed by atoms with Crippen molar-refractivity contribution in [2.45, 2.75) is 43.9 Å². The van der Waals surface area contributed by atoms with Gasteiger partial charge >= 0.3 is 0 Å². The zero-order valence-corrected chi connectivity index (χ0v) is 16.9. The fourth-order valence-corrected chi connectivity index (χ4v) is 5.78. The fourth-order valence-electron chi connectivity index (χ4n) is 5.78. The van der Waals surface area contributed by atoms with Crippen molar-refractivity contribution in [3.8, 4) is 5.75 Å². The van der Waals surface area contributed by atoms with Crippen molar-refractivity contribution >= 4 is 17.4 Å². The molecule has 3 aromatic rings. The Hall–Kier alpha value is -3.16. The Morgan fingerprint density at radius 2 is 2.16 bits per heavy atom. The van der Waals surface area contributed by atoms with Crippen LogP contribution in [0, 0.1) is 17.7 Å². The number of hydrogen-bond acceptors (Lipinski definition) is 5. The van der Waals surface area contributed by atoms with Crippen LogP contribution in [-0.2, 0) is 0 Å². The number of piperidine rings is 1. The van der Waals surface area contributed by atoms with Crippen molar-refractivity contribution in [1.29, 1.82) is 0 Å². The first kappa shape index (κ1) is 17.5. The van der Waals surface area contributed by atoms with Crippen LogP contribution < -0.4 is 15.0 Å². The summed E-state index contributed by atoms with van der Waals surface area (Å²) in [5, 5.41) is 7.46. The topological polar surface area (TPSA) is 71.8 Å². The van der Waals surface area contributed by atoms with Crippen LogP contribution in [0.25, 0.3) is 5.65 Å². The van der Waals surface area contributed by atoms with Gasteiger partial charge in [-0.3, -0.25) is 4.79 Å². The van der Waals surface area contributed by atoms with Crippen molar-refractivity contribution in [3.05, 3.63) is 53.6 Å². The van der Waals surface area contributed by atoms with E-state index in [1.54, 1.807) is 22.8 Å². The number of carbonyl (C=O) groups is 1. The number of amides is 1. The quantitative estimate of drug-likeness (QED) is 0.606. The molecule has 1 N–H and O–H groups in total. The summed E-state index contributed by atoms with van der Waals surface area (Å²) in [5.74, 6) is 2.12. The number of nitrogens with one attached hydrogen (secondary N) is 1. The zero-order valence-electron chi connectivity index (χ0n) is 16.9. The van der Waals surface area contributed by atoms with Gasteiger partial charge in [-0.1, -0.05) is 0 Å². The molecule has 0 spiro atoms. The van der Waals surface area contributed by atoms with Gasteiger partial charge in [0.2, 0.25) is 0 Å². The SMILES string of the molecule is O=C1N[C@@H]2CCC[C@H]2Oc2ccc(F)cc2[C@H]2[C@@H]3C[C@@H]3CN2c2ccn3ncc1c3n2. The van der Waals surface area contributed by atoms with Crippen LogP contribution >= 0.6 is 0 Å². The number of halogens is 1. The summed E-state index contributed by atoms with van der Waals surface area (Å²) in [6.07, 6.45) is 7.11. The molecule has 1 saturated heterocycles. The van der Waals surface area contributed by atoms with Gasteiger partial charge in [-0.25, -0.2) is 13.9 Å². The molecule has 4 heterocycles. The van der Waals surface area contributed by atoms with E-state index in [1.165, 1.54) is 6.07 Å². The molecule has 0 unspecified atom stereocenters. The van der Waals surface area contributed by atoms with Crippen LogP contribution in [0.15, 0.2) is 36.7 Å². The van der Waals surface area contributed by atoms with Crippen LogP contribution in [0.1, 0.15) is 47.6 Å². The molecular weight excluding hydrogens is 397 g/mol. The van der Waals surface area contributed by atoms with Gasteiger partial charge < -0.3 is 15.0 Å². The average Bonchev–Trinajstić information content (AvgIpc) is 3.10. The van der Waals surface area contributed by atoms with E-state index in [-0.39, 0.29) is 29.9 Å². The lowest BCUT2D eigenvalue weighted by Gasteiger charge is -2.31. The second kappa shape index (κ2) is 6.18. The van der Waals surface area contributed by atoms with E-state index >= 15 is 0 Å². The molecule has 1 aromatic carbocycles. The maximum Gasteiger partial charge on any atom is 0.257 e. The number of anilines is 1. The van der Waals surface area contributed by atoms with Gasteiger partial charge in [-0.05, 0) is 61.8 Å². The van der Waals surface area contributed by atoms with Gasteiger partial charge in [-0.2, -0.15) is 5.10 Å². The molecule has 8 heteroatoms. The molecule has 5 atom stereocenters. The fraction of sp³-hybridized carbons (Fsp3) is 0.435. The molecule has 1 amide bonds. The number of nitrogens with zero attached hydrogens (tertiary/aromatic N) is 4. The van der Waals surface area contributed by atoms with Gasteiger partial charge in [0.1, 0.15) is 29.1 Å². The second-order valence-electron chi connectivity index (χ2n) is 9.22. The summed E-state index contributed by atoms with van der Waals surface area (Å²) in [4.78, 5) is 20.2. The zero-order chi connectivity index (χ0) is 20.7. The lowest BCUT2D eigenvalue weighted by molar-refractivity contribution is 0.0894. The van der Waals surface area contributed by atoms with E-state index in [2.05, 4.69) is 15.3 Å². The van der Waals surface area contributed by atoms with Crippen molar-refractivity contribution in [2.75, 3.05) is 11.4 Å². The number of ether oxygens (including phenoxy) is 1. The van der Waals surface area contributed by atoms with Gasteiger partial charge in [0, 0.05) is 18.3 Å². The normalized spacial score (nSPS) is 30.9. The van der Waals surface area contributed by atoms with Crippen LogP contribution in [0.3, 0.4) is 0 Å². The van der Waals surface area contributed by atoms with Gasteiger partial charge in [-0.15, -0.1) is 0 Å². The number of benzene rings is 1. The van der Waals surface area contributed by atoms with Gasteiger partial charge in [0.05, 0.1) is 18.3 Å². The molecule has 31 heavy (non-hydrogen) atoms. The van der Waals surface area contributed by atoms with Crippen LogP contribution in [0.5, 0.6) is 5.75 Å². The Morgan fingerprint density at radius 1 is 1.23 bits per heavy atom. The molecule has 4 aliphatic rings. The molecule has 2 bridgehead atoms. The predicted molar refractivity (Wildman–Crippen MR) is 111 cm³/mol. The minimum Gasteiger partial charge on any atom is -0.488 e. The van der Waals surface area contributed by atoms with Crippen molar-refractivity contribution in [1.82, 2.24) is 19.9 Å². The van der Waals surface area contributed by atoms with E-state index in [4.69, 9.17) is 9.72 Å². The molecule has 2 aromatic heterocycles. The molecule has 2 aliphatic heterocycles. The molecular formula is C23H22FN5O2. The summed E-state index contributed by atoms with van der Waals surface area (Å²) >= 11 is 0. The summed E-state index contributed by atoms with van der Waals surface area (Å²) in [5.41, 5.74) is 1.90. The van der Waals surface area contributed by atoms with Gasteiger partial charge in [0.15, 0.2) is 5.65 Å². The second-order valence-corrected chi connectivity index (χ2v) is 9.22. The third-order valence-corrected chi connectivity index (χ3v) is 7.38. The first-order chi connectivity index (χ1) is 15.2. The maximum absolute atomic E-state index is 14.4. The summed E-state index contributed by atoms with van der Waals surface area (Å²) in [6, 6.07) is 6.68. The highest BCUT2D eigenvalue weighted by molar-refractivity contribution is 6.00. The highest BCUT2D eigenvalue weighted by Gasteiger charge is 2.54. The molecule has 3 fully saturated rings. The number of aromatic nitrogens is 3. The Bertz CT molecular complexity index is 1230. The predicted octanol–water partition coefficient (Wildman–Crippen LogP) is 3.11. The third-order valence-electron chi connectivity index (χ3n) is 7.38. The lowest BCUT2D eigenvalue weighted by atomic mass is 10.0. The Kier molecular flexibility index (Phi) is 3.49. The molecule has 7 nitrogen and oxygen atoms in total. The van der Waals surface area contributed by atoms with Crippen molar-refractivity contribution in [2.24, 2.45) is 11.8 Å². The molecule has 7 rings (SSSR count). The number of hydrogen-bond donors (Lipinski definition) is 1. The molecule has 2 aliphatic carbocycles. The highest BCUT2D eigenvalue weighted by Crippen LogP contribution is 2.58. The van der Waals surface area contributed by atoms with E-state index in [0.29, 0.717) is 23.0 Å². The minimum absolute atomic E-state index is 0.0151. The number of rotatable bonds is 0. The number of carbonyl (C=O) groups excluding carboxylic acids is 1.